The van der Waals surface area contributed by atoms with E-state index in [0.29, 0.717) is 5.92 Å². The maximum Gasteiger partial charge on any atom is 0.155 e. The molecular formula is C9H16O2. The van der Waals surface area contributed by atoms with E-state index in [0.717, 1.165) is 12.8 Å². The van der Waals surface area contributed by atoms with E-state index in [9.17, 15) is 5.11 Å². The van der Waals surface area contributed by atoms with Gasteiger partial charge in [0, 0.05) is 6.42 Å². The quantitative estimate of drug-likeness (QED) is 0.585. The van der Waals surface area contributed by atoms with Gasteiger partial charge < -0.3 is 9.84 Å². The lowest BCUT2D eigenvalue weighted by molar-refractivity contribution is -0.166. The number of ether oxygens (including phenoxy) is 1. The Kier molecular flexibility index (Phi) is 3.09. The second-order valence-corrected chi connectivity index (χ2v) is 3.16. The van der Waals surface area contributed by atoms with Crippen molar-refractivity contribution in [3.8, 4) is 0 Å². The third-order valence-electron chi connectivity index (χ3n) is 1.99. The molecule has 2 nitrogen and oxygen atoms in total. The van der Waals surface area contributed by atoms with Crippen molar-refractivity contribution >= 4 is 0 Å². The van der Waals surface area contributed by atoms with Crippen LogP contribution in [-0.2, 0) is 4.74 Å². The van der Waals surface area contributed by atoms with Crippen LogP contribution in [0.15, 0.2) is 12.2 Å². The van der Waals surface area contributed by atoms with Crippen LogP contribution in [0.5, 0.6) is 0 Å². The summed E-state index contributed by atoms with van der Waals surface area (Å²) in [5.41, 5.74) is 0. The first-order chi connectivity index (χ1) is 5.22. The monoisotopic (exact) mass is 156 g/mol. The Labute approximate surface area is 67.9 Å². The molecule has 1 heterocycles. The molecule has 1 saturated heterocycles. The van der Waals surface area contributed by atoms with Crippen LogP contribution >= 0.6 is 0 Å². The van der Waals surface area contributed by atoms with Gasteiger partial charge in [-0.05, 0) is 26.2 Å². The van der Waals surface area contributed by atoms with E-state index in [1.54, 1.807) is 0 Å². The smallest absolute Gasteiger partial charge is 0.155 e. The standard InChI is InChI=1S/C9H16O2/c1-3-4-8-5-7(2)11-9(10)6-8/h3-4,7-10H,5-6H2,1-2H3/b4-3-. The van der Waals surface area contributed by atoms with Gasteiger partial charge in [0.2, 0.25) is 0 Å². The third-order valence-corrected chi connectivity index (χ3v) is 1.99. The molecule has 0 aromatic heterocycles. The van der Waals surface area contributed by atoms with E-state index in [2.05, 4.69) is 6.08 Å². The van der Waals surface area contributed by atoms with Crippen molar-refractivity contribution in [1.29, 1.82) is 0 Å². The Bertz CT molecular complexity index is 132. The van der Waals surface area contributed by atoms with Gasteiger partial charge in [0.05, 0.1) is 6.10 Å². The average molecular weight is 156 g/mol. The van der Waals surface area contributed by atoms with Crippen LogP contribution in [0.25, 0.3) is 0 Å². The minimum atomic E-state index is -0.556. The lowest BCUT2D eigenvalue weighted by Gasteiger charge is -2.29. The molecule has 0 aliphatic carbocycles. The van der Waals surface area contributed by atoms with Crippen molar-refractivity contribution in [2.75, 3.05) is 0 Å². The van der Waals surface area contributed by atoms with Gasteiger partial charge in [0.1, 0.15) is 0 Å². The zero-order valence-electron chi connectivity index (χ0n) is 7.16. The topological polar surface area (TPSA) is 29.5 Å². The predicted molar refractivity (Wildman–Crippen MR) is 44.1 cm³/mol. The van der Waals surface area contributed by atoms with E-state index in [-0.39, 0.29) is 6.10 Å². The van der Waals surface area contributed by atoms with Crippen molar-refractivity contribution in [3.05, 3.63) is 12.2 Å². The van der Waals surface area contributed by atoms with Crippen LogP contribution < -0.4 is 0 Å². The second kappa shape index (κ2) is 3.88. The molecule has 1 aliphatic rings. The summed E-state index contributed by atoms with van der Waals surface area (Å²) in [7, 11) is 0. The van der Waals surface area contributed by atoms with Gasteiger partial charge in [-0.3, -0.25) is 0 Å². The van der Waals surface area contributed by atoms with Crippen molar-refractivity contribution in [2.45, 2.75) is 39.1 Å². The lowest BCUT2D eigenvalue weighted by atomic mass is 9.95. The number of aliphatic hydroxyl groups excluding tert-OH is 1. The normalized spacial score (nSPS) is 39.7. The Balaban J connectivity index is 2.42. The fraction of sp³-hybridized carbons (Fsp3) is 0.778. The molecule has 0 amide bonds. The van der Waals surface area contributed by atoms with E-state index in [1.165, 1.54) is 0 Å². The van der Waals surface area contributed by atoms with E-state index in [1.807, 2.05) is 19.9 Å². The number of allylic oxidation sites excluding steroid dienone is 2. The molecule has 0 bridgehead atoms. The highest BCUT2D eigenvalue weighted by atomic mass is 16.6. The van der Waals surface area contributed by atoms with Gasteiger partial charge in [0.25, 0.3) is 0 Å². The Morgan fingerprint density at radius 3 is 2.73 bits per heavy atom. The number of rotatable bonds is 1. The van der Waals surface area contributed by atoms with Crippen LogP contribution in [0.4, 0.5) is 0 Å². The van der Waals surface area contributed by atoms with Gasteiger partial charge in [-0.25, -0.2) is 0 Å². The van der Waals surface area contributed by atoms with Crippen molar-refractivity contribution in [1.82, 2.24) is 0 Å². The minimum Gasteiger partial charge on any atom is -0.368 e. The summed E-state index contributed by atoms with van der Waals surface area (Å²) < 4.78 is 5.18. The molecule has 1 N–H and O–H groups in total. The molecule has 3 atom stereocenters. The summed E-state index contributed by atoms with van der Waals surface area (Å²) >= 11 is 0. The van der Waals surface area contributed by atoms with Crippen LogP contribution in [-0.4, -0.2) is 17.5 Å². The van der Waals surface area contributed by atoms with Crippen molar-refractivity contribution < 1.29 is 9.84 Å². The largest absolute Gasteiger partial charge is 0.368 e. The first-order valence-electron chi connectivity index (χ1n) is 4.18. The van der Waals surface area contributed by atoms with Crippen LogP contribution in [0.3, 0.4) is 0 Å². The van der Waals surface area contributed by atoms with E-state index < -0.39 is 6.29 Å². The van der Waals surface area contributed by atoms with Gasteiger partial charge in [-0.1, -0.05) is 12.2 Å². The van der Waals surface area contributed by atoms with Crippen LogP contribution in [0.1, 0.15) is 26.7 Å². The summed E-state index contributed by atoms with van der Waals surface area (Å²) in [6, 6.07) is 0. The fourth-order valence-electron chi connectivity index (χ4n) is 1.59. The molecule has 0 spiro atoms. The Hall–Kier alpha value is -0.340. The average Bonchev–Trinajstić information content (AvgIpc) is 1.85. The lowest BCUT2D eigenvalue weighted by Crippen LogP contribution is -2.29. The number of aliphatic hydroxyl groups is 1. The molecule has 3 unspecified atom stereocenters. The van der Waals surface area contributed by atoms with Crippen molar-refractivity contribution in [2.24, 2.45) is 5.92 Å². The molecular weight excluding hydrogens is 140 g/mol. The van der Waals surface area contributed by atoms with Gasteiger partial charge in [-0.2, -0.15) is 0 Å². The molecule has 0 radical (unpaired) electrons. The maximum absolute atomic E-state index is 9.22. The Morgan fingerprint density at radius 2 is 2.18 bits per heavy atom. The molecule has 2 heteroatoms. The summed E-state index contributed by atoms with van der Waals surface area (Å²) in [6.45, 7) is 4.01. The zero-order valence-corrected chi connectivity index (χ0v) is 7.16. The second-order valence-electron chi connectivity index (χ2n) is 3.16. The molecule has 11 heavy (non-hydrogen) atoms. The first kappa shape index (κ1) is 8.75. The van der Waals surface area contributed by atoms with Gasteiger partial charge in [0.15, 0.2) is 6.29 Å². The highest BCUT2D eigenvalue weighted by molar-refractivity contribution is 4.88. The van der Waals surface area contributed by atoms with Crippen LogP contribution in [0, 0.1) is 5.92 Å². The van der Waals surface area contributed by atoms with Gasteiger partial charge >= 0.3 is 0 Å². The number of hydrogen-bond donors (Lipinski definition) is 1. The molecule has 1 fully saturated rings. The summed E-state index contributed by atoms with van der Waals surface area (Å²) in [6.07, 6.45) is 5.59. The summed E-state index contributed by atoms with van der Waals surface area (Å²) in [5, 5.41) is 9.22. The number of hydrogen-bond acceptors (Lipinski definition) is 2. The highest BCUT2D eigenvalue weighted by Gasteiger charge is 2.23. The van der Waals surface area contributed by atoms with E-state index in [4.69, 9.17) is 4.74 Å². The molecule has 1 rings (SSSR count). The maximum atomic E-state index is 9.22. The van der Waals surface area contributed by atoms with Gasteiger partial charge in [-0.15, -0.1) is 0 Å². The first-order valence-corrected chi connectivity index (χ1v) is 4.18. The molecule has 0 aromatic rings. The van der Waals surface area contributed by atoms with E-state index >= 15 is 0 Å². The van der Waals surface area contributed by atoms with Crippen molar-refractivity contribution in [3.63, 3.8) is 0 Å². The minimum absolute atomic E-state index is 0.194. The zero-order chi connectivity index (χ0) is 8.27. The molecule has 64 valence electrons. The van der Waals surface area contributed by atoms with Crippen LogP contribution in [0.2, 0.25) is 0 Å². The fourth-order valence-corrected chi connectivity index (χ4v) is 1.59. The summed E-state index contributed by atoms with van der Waals surface area (Å²) in [5.74, 6) is 0.499. The molecule has 0 aromatic carbocycles. The summed E-state index contributed by atoms with van der Waals surface area (Å²) in [4.78, 5) is 0. The Morgan fingerprint density at radius 1 is 1.45 bits per heavy atom. The molecule has 0 saturated carbocycles. The third kappa shape index (κ3) is 2.64. The predicted octanol–water partition coefficient (Wildman–Crippen LogP) is 1.70. The highest BCUT2D eigenvalue weighted by Crippen LogP contribution is 2.24. The molecule has 1 aliphatic heterocycles. The SMILES string of the molecule is C/C=C\C1CC(C)OC(O)C1.